The molecule has 4 heteroatoms. The lowest BCUT2D eigenvalue weighted by atomic mass is 10.0. The van der Waals surface area contributed by atoms with E-state index in [1.54, 1.807) is 0 Å². The van der Waals surface area contributed by atoms with Crippen LogP contribution in [-0.2, 0) is 4.79 Å². The van der Waals surface area contributed by atoms with Crippen molar-refractivity contribution in [1.29, 1.82) is 0 Å². The minimum Gasteiger partial charge on any atom is -0.354 e. The van der Waals surface area contributed by atoms with Crippen molar-refractivity contribution in [2.75, 3.05) is 20.6 Å². The summed E-state index contributed by atoms with van der Waals surface area (Å²) >= 11 is 0. The topological polar surface area (TPSA) is 58.4 Å². The van der Waals surface area contributed by atoms with Crippen molar-refractivity contribution in [1.82, 2.24) is 10.2 Å². The summed E-state index contributed by atoms with van der Waals surface area (Å²) in [6, 6.07) is 0.471. The quantitative estimate of drug-likeness (QED) is 0.685. The molecule has 0 heterocycles. The highest BCUT2D eigenvalue weighted by molar-refractivity contribution is 5.76. The first-order valence-electron chi connectivity index (χ1n) is 7.08. The van der Waals surface area contributed by atoms with Gasteiger partial charge in [0, 0.05) is 25.0 Å². The third kappa shape index (κ3) is 5.83. The monoisotopic (exact) mass is 255 g/mol. The van der Waals surface area contributed by atoms with Gasteiger partial charge >= 0.3 is 0 Å². The lowest BCUT2D eigenvalue weighted by molar-refractivity contribution is -0.121. The Kier molecular flexibility index (Phi) is 6.09. The summed E-state index contributed by atoms with van der Waals surface area (Å²) in [5.74, 6) is 1.34. The zero-order valence-electron chi connectivity index (χ0n) is 12.3. The Morgan fingerprint density at radius 1 is 1.39 bits per heavy atom. The Balaban J connectivity index is 2.25. The van der Waals surface area contributed by atoms with Gasteiger partial charge in [0.05, 0.1) is 0 Å². The Labute approximate surface area is 111 Å². The summed E-state index contributed by atoms with van der Waals surface area (Å²) in [5.41, 5.74) is 5.96. The van der Waals surface area contributed by atoms with Crippen LogP contribution in [0, 0.1) is 11.8 Å². The highest BCUT2D eigenvalue weighted by Crippen LogP contribution is 2.32. The summed E-state index contributed by atoms with van der Waals surface area (Å²) in [5, 5.41) is 3.02. The van der Waals surface area contributed by atoms with Crippen molar-refractivity contribution in [2.24, 2.45) is 17.6 Å². The van der Waals surface area contributed by atoms with E-state index in [9.17, 15) is 4.79 Å². The van der Waals surface area contributed by atoms with Gasteiger partial charge in [0.25, 0.3) is 0 Å². The van der Waals surface area contributed by atoms with Gasteiger partial charge in [-0.25, -0.2) is 0 Å². The second kappa shape index (κ2) is 7.10. The average molecular weight is 255 g/mol. The van der Waals surface area contributed by atoms with Gasteiger partial charge in [-0.05, 0) is 45.2 Å². The molecule has 1 saturated carbocycles. The van der Waals surface area contributed by atoms with Crippen LogP contribution in [0.4, 0.5) is 0 Å². The number of amides is 1. The molecule has 2 atom stereocenters. The Hall–Kier alpha value is -0.610. The van der Waals surface area contributed by atoms with Crippen molar-refractivity contribution >= 4 is 5.91 Å². The molecule has 0 spiro atoms. The SMILES string of the molecule is CC(C)CC(CNC(=O)CC(N)C1CC1)N(C)C. The zero-order chi connectivity index (χ0) is 13.7. The molecule has 1 amide bonds. The van der Waals surface area contributed by atoms with E-state index in [0.717, 1.165) is 13.0 Å². The summed E-state index contributed by atoms with van der Waals surface area (Å²) in [6.45, 7) is 5.14. The number of hydrogen-bond acceptors (Lipinski definition) is 3. The average Bonchev–Trinajstić information content (AvgIpc) is 3.06. The van der Waals surface area contributed by atoms with Crippen LogP contribution < -0.4 is 11.1 Å². The van der Waals surface area contributed by atoms with E-state index in [0.29, 0.717) is 24.3 Å². The largest absolute Gasteiger partial charge is 0.354 e. The molecule has 1 aliphatic rings. The van der Waals surface area contributed by atoms with Gasteiger partial charge in [-0.2, -0.15) is 0 Å². The third-order valence-electron chi connectivity index (χ3n) is 3.66. The number of nitrogens with zero attached hydrogens (tertiary/aromatic N) is 1. The first kappa shape index (κ1) is 15.4. The Morgan fingerprint density at radius 3 is 2.44 bits per heavy atom. The minimum absolute atomic E-state index is 0.0629. The smallest absolute Gasteiger partial charge is 0.221 e. The normalized spacial score (nSPS) is 19.1. The number of nitrogens with two attached hydrogens (primary N) is 1. The fraction of sp³-hybridized carbons (Fsp3) is 0.929. The summed E-state index contributed by atoms with van der Waals surface area (Å²) in [6.07, 6.45) is 3.97. The van der Waals surface area contributed by atoms with Gasteiger partial charge in [-0.3, -0.25) is 4.79 Å². The van der Waals surface area contributed by atoms with Crippen molar-refractivity contribution in [3.63, 3.8) is 0 Å². The zero-order valence-corrected chi connectivity index (χ0v) is 12.3. The molecule has 0 bridgehead atoms. The molecule has 1 rings (SSSR count). The van der Waals surface area contributed by atoms with Crippen molar-refractivity contribution in [3.8, 4) is 0 Å². The molecule has 1 fully saturated rings. The predicted octanol–water partition coefficient (Wildman–Crippen LogP) is 1.21. The number of carbonyl (C=O) groups is 1. The van der Waals surface area contributed by atoms with Crippen LogP contribution in [0.15, 0.2) is 0 Å². The molecule has 4 nitrogen and oxygen atoms in total. The number of carbonyl (C=O) groups excluding carboxylic acids is 1. The lowest BCUT2D eigenvalue weighted by Gasteiger charge is -2.26. The van der Waals surface area contributed by atoms with E-state index in [-0.39, 0.29) is 11.9 Å². The molecular formula is C14H29N3O. The molecule has 0 radical (unpaired) electrons. The maximum Gasteiger partial charge on any atom is 0.221 e. The molecule has 0 aliphatic heterocycles. The van der Waals surface area contributed by atoms with E-state index in [1.165, 1.54) is 12.8 Å². The molecule has 0 aromatic heterocycles. The standard InChI is InChI=1S/C14H29N3O/c1-10(2)7-12(17(3)4)9-16-14(18)8-13(15)11-5-6-11/h10-13H,5-9,15H2,1-4H3,(H,16,18). The predicted molar refractivity (Wildman–Crippen MR) is 75.3 cm³/mol. The van der Waals surface area contributed by atoms with Crippen molar-refractivity contribution in [2.45, 2.75) is 51.6 Å². The van der Waals surface area contributed by atoms with E-state index in [2.05, 4.69) is 38.2 Å². The van der Waals surface area contributed by atoms with E-state index >= 15 is 0 Å². The van der Waals surface area contributed by atoms with Crippen LogP contribution in [0.5, 0.6) is 0 Å². The molecule has 2 unspecified atom stereocenters. The van der Waals surface area contributed by atoms with Gasteiger partial charge in [0.1, 0.15) is 0 Å². The first-order chi connectivity index (χ1) is 8.40. The minimum atomic E-state index is 0.0629. The van der Waals surface area contributed by atoms with Crippen LogP contribution in [0.1, 0.15) is 39.5 Å². The first-order valence-corrected chi connectivity index (χ1v) is 7.08. The fourth-order valence-corrected chi connectivity index (χ4v) is 2.23. The Bertz CT molecular complexity index is 262. The molecule has 106 valence electrons. The van der Waals surface area contributed by atoms with E-state index < -0.39 is 0 Å². The van der Waals surface area contributed by atoms with Crippen molar-refractivity contribution in [3.05, 3.63) is 0 Å². The number of nitrogens with one attached hydrogen (secondary N) is 1. The number of rotatable bonds is 8. The van der Waals surface area contributed by atoms with Crippen molar-refractivity contribution < 1.29 is 4.79 Å². The fourth-order valence-electron chi connectivity index (χ4n) is 2.23. The van der Waals surface area contributed by atoms with Crippen LogP contribution in [0.3, 0.4) is 0 Å². The molecule has 1 aliphatic carbocycles. The van der Waals surface area contributed by atoms with Gasteiger partial charge in [-0.15, -0.1) is 0 Å². The second-order valence-corrected chi connectivity index (χ2v) is 6.26. The van der Waals surface area contributed by atoms with E-state index in [4.69, 9.17) is 5.73 Å². The Morgan fingerprint density at radius 2 is 2.00 bits per heavy atom. The van der Waals surface area contributed by atoms with Gasteiger partial charge in [-0.1, -0.05) is 13.8 Å². The van der Waals surface area contributed by atoms with Gasteiger partial charge in [0.2, 0.25) is 5.91 Å². The molecular weight excluding hydrogens is 226 g/mol. The van der Waals surface area contributed by atoms with Gasteiger partial charge in [0.15, 0.2) is 0 Å². The van der Waals surface area contributed by atoms with Crippen LogP contribution in [0.2, 0.25) is 0 Å². The van der Waals surface area contributed by atoms with Gasteiger partial charge < -0.3 is 16.0 Å². The summed E-state index contributed by atoms with van der Waals surface area (Å²) in [4.78, 5) is 14.0. The molecule has 0 aromatic carbocycles. The lowest BCUT2D eigenvalue weighted by Crippen LogP contribution is -2.42. The highest BCUT2D eigenvalue weighted by Gasteiger charge is 2.29. The molecule has 0 aromatic rings. The number of hydrogen-bond donors (Lipinski definition) is 2. The maximum atomic E-state index is 11.8. The van der Waals surface area contributed by atoms with Crippen LogP contribution in [0.25, 0.3) is 0 Å². The van der Waals surface area contributed by atoms with Crippen LogP contribution >= 0.6 is 0 Å². The number of likely N-dealkylation sites (N-methyl/N-ethyl adjacent to an activating group) is 1. The third-order valence-corrected chi connectivity index (χ3v) is 3.66. The second-order valence-electron chi connectivity index (χ2n) is 6.26. The maximum absolute atomic E-state index is 11.8. The highest BCUT2D eigenvalue weighted by atomic mass is 16.1. The summed E-state index contributed by atoms with van der Waals surface area (Å²) in [7, 11) is 4.13. The summed E-state index contributed by atoms with van der Waals surface area (Å²) < 4.78 is 0. The molecule has 0 saturated heterocycles. The molecule has 18 heavy (non-hydrogen) atoms. The van der Waals surface area contributed by atoms with E-state index in [1.807, 2.05) is 0 Å². The van der Waals surface area contributed by atoms with Crippen LogP contribution in [-0.4, -0.2) is 43.5 Å². The molecule has 3 N–H and O–H groups in total.